The Morgan fingerprint density at radius 1 is 1.22 bits per heavy atom. The second-order valence-electron chi connectivity index (χ2n) is 5.97. The molecule has 0 saturated heterocycles. The number of non-ortho nitro benzene ring substituents is 1. The molecule has 0 unspecified atom stereocenters. The molecule has 2 rings (SSSR count). The summed E-state index contributed by atoms with van der Waals surface area (Å²) in [5, 5.41) is 14.5. The van der Waals surface area contributed by atoms with Gasteiger partial charge in [-0.05, 0) is 49.1 Å². The first-order chi connectivity index (χ1) is 12.9. The summed E-state index contributed by atoms with van der Waals surface area (Å²) in [6.07, 6.45) is 4.62. The van der Waals surface area contributed by atoms with Gasteiger partial charge in [-0.3, -0.25) is 14.9 Å². The maximum Gasteiger partial charge on any atom is 0.277 e. The Morgan fingerprint density at radius 3 is 2.70 bits per heavy atom. The van der Waals surface area contributed by atoms with Gasteiger partial charge in [0, 0.05) is 18.3 Å². The van der Waals surface area contributed by atoms with Crippen molar-refractivity contribution in [3.63, 3.8) is 0 Å². The van der Waals surface area contributed by atoms with Crippen molar-refractivity contribution in [2.45, 2.75) is 20.8 Å². The lowest BCUT2D eigenvalue weighted by Crippen LogP contribution is -2.24. The first-order valence-corrected chi connectivity index (χ1v) is 8.31. The molecule has 2 aromatic rings. The number of aryl methyl sites for hydroxylation is 2. The minimum absolute atomic E-state index is 0.0151. The number of hydrogen-bond acceptors (Lipinski definition) is 5. The number of hydrogen-bond donors (Lipinski definition) is 1. The fraction of sp³-hybridized carbons (Fsp3) is 0.200. The average Bonchev–Trinajstić information content (AvgIpc) is 2.65. The molecule has 0 atom stereocenters. The number of carbonyl (C=O) groups excluding carboxylic acids is 1. The third-order valence-electron chi connectivity index (χ3n) is 3.94. The van der Waals surface area contributed by atoms with Gasteiger partial charge in [0.15, 0.2) is 6.61 Å². The number of ether oxygens (including phenoxy) is 1. The molecule has 0 bridgehead atoms. The van der Waals surface area contributed by atoms with Gasteiger partial charge in [-0.2, -0.15) is 5.10 Å². The maximum atomic E-state index is 11.8. The summed E-state index contributed by atoms with van der Waals surface area (Å²) in [6, 6.07) is 10.2. The van der Waals surface area contributed by atoms with Gasteiger partial charge < -0.3 is 4.74 Å². The van der Waals surface area contributed by atoms with E-state index < -0.39 is 4.92 Å². The summed E-state index contributed by atoms with van der Waals surface area (Å²) in [5.74, 6) is 0.329. The third-order valence-corrected chi connectivity index (χ3v) is 3.94. The summed E-state index contributed by atoms with van der Waals surface area (Å²) >= 11 is 0. The molecule has 0 fully saturated rings. The zero-order valence-corrected chi connectivity index (χ0v) is 15.4. The number of nitrogens with zero attached hydrogens (tertiary/aromatic N) is 2. The highest BCUT2D eigenvalue weighted by Crippen LogP contribution is 2.25. The van der Waals surface area contributed by atoms with Crippen molar-refractivity contribution in [2.75, 3.05) is 6.61 Å². The van der Waals surface area contributed by atoms with Gasteiger partial charge in [0.2, 0.25) is 0 Å². The summed E-state index contributed by atoms with van der Waals surface area (Å²) in [5.41, 5.74) is 6.12. The highest BCUT2D eigenvalue weighted by atomic mass is 16.6. The molecule has 7 heteroatoms. The van der Waals surface area contributed by atoms with E-state index in [1.165, 1.54) is 18.3 Å². The molecule has 27 heavy (non-hydrogen) atoms. The van der Waals surface area contributed by atoms with Crippen LogP contribution in [0.1, 0.15) is 22.3 Å². The minimum Gasteiger partial charge on any atom is -0.483 e. The third kappa shape index (κ3) is 5.78. The van der Waals surface area contributed by atoms with E-state index >= 15 is 0 Å². The van der Waals surface area contributed by atoms with Gasteiger partial charge in [0.25, 0.3) is 11.6 Å². The fourth-order valence-corrected chi connectivity index (χ4v) is 2.37. The summed E-state index contributed by atoms with van der Waals surface area (Å²) in [4.78, 5) is 22.1. The normalized spacial score (nSPS) is 11.1. The van der Waals surface area contributed by atoms with E-state index in [9.17, 15) is 14.9 Å². The Hall–Kier alpha value is -3.48. The molecule has 2 aromatic carbocycles. The Kier molecular flexibility index (Phi) is 6.82. The smallest absolute Gasteiger partial charge is 0.277 e. The summed E-state index contributed by atoms with van der Waals surface area (Å²) < 4.78 is 5.60. The molecule has 0 aromatic heterocycles. The van der Waals surface area contributed by atoms with E-state index in [4.69, 9.17) is 4.74 Å². The minimum atomic E-state index is -0.455. The van der Waals surface area contributed by atoms with E-state index in [0.717, 1.165) is 16.7 Å². The molecule has 0 aliphatic rings. The lowest BCUT2D eigenvalue weighted by Gasteiger charge is -2.13. The molecular weight excluding hydrogens is 346 g/mol. The number of nitro benzene ring substituents is 1. The molecule has 0 radical (unpaired) electrons. The van der Waals surface area contributed by atoms with Crippen LogP contribution in [0.15, 0.2) is 47.6 Å². The number of nitro groups is 1. The highest BCUT2D eigenvalue weighted by molar-refractivity contribution is 5.82. The molecule has 1 N–H and O–H groups in total. The van der Waals surface area contributed by atoms with Crippen LogP contribution in [0.25, 0.3) is 6.08 Å². The van der Waals surface area contributed by atoms with Crippen molar-refractivity contribution in [2.24, 2.45) is 5.10 Å². The second-order valence-corrected chi connectivity index (χ2v) is 5.97. The van der Waals surface area contributed by atoms with Crippen molar-refractivity contribution in [1.29, 1.82) is 0 Å². The lowest BCUT2D eigenvalue weighted by atomic mass is 10.1. The van der Waals surface area contributed by atoms with Gasteiger partial charge >= 0.3 is 0 Å². The molecule has 0 aliphatic carbocycles. The number of amides is 1. The quantitative estimate of drug-likeness (QED) is 0.458. The number of carbonyl (C=O) groups is 1. The first kappa shape index (κ1) is 19.8. The van der Waals surface area contributed by atoms with Crippen LogP contribution < -0.4 is 10.2 Å². The van der Waals surface area contributed by atoms with E-state index in [1.807, 2.05) is 32.9 Å². The predicted molar refractivity (Wildman–Crippen MR) is 105 cm³/mol. The first-order valence-electron chi connectivity index (χ1n) is 8.31. The van der Waals surface area contributed by atoms with Crippen LogP contribution in [-0.4, -0.2) is 23.7 Å². The second kappa shape index (κ2) is 9.28. The number of allylic oxidation sites excluding steroid dienone is 1. The summed E-state index contributed by atoms with van der Waals surface area (Å²) in [6.45, 7) is 5.72. The summed E-state index contributed by atoms with van der Waals surface area (Å²) in [7, 11) is 0. The van der Waals surface area contributed by atoms with E-state index in [1.54, 1.807) is 24.3 Å². The van der Waals surface area contributed by atoms with Gasteiger partial charge in [-0.25, -0.2) is 5.43 Å². The van der Waals surface area contributed by atoms with Crippen molar-refractivity contribution in [3.8, 4) is 5.75 Å². The molecule has 0 spiro atoms. The van der Waals surface area contributed by atoms with Gasteiger partial charge in [-0.1, -0.05) is 30.3 Å². The van der Waals surface area contributed by atoms with Gasteiger partial charge in [-0.15, -0.1) is 0 Å². The zero-order chi connectivity index (χ0) is 19.8. The standard InChI is InChI=1S/C20H21N3O4/c1-14-9-10-15(2)20(16(14)3)27-13-19(24)22-21-11-5-7-17-6-4-8-18(12-17)23(25)26/h4-12H,13H2,1-3H3,(H,22,24)/b7-5+,21-11-. The predicted octanol–water partition coefficient (Wildman–Crippen LogP) is 3.71. The van der Waals surface area contributed by atoms with E-state index in [-0.39, 0.29) is 18.2 Å². The largest absolute Gasteiger partial charge is 0.483 e. The molecular formula is C20H21N3O4. The zero-order valence-electron chi connectivity index (χ0n) is 15.4. The van der Waals surface area contributed by atoms with E-state index in [2.05, 4.69) is 10.5 Å². The number of rotatable bonds is 7. The van der Waals surface area contributed by atoms with Crippen molar-refractivity contribution >= 4 is 23.9 Å². The van der Waals surface area contributed by atoms with Crippen LogP contribution in [0.5, 0.6) is 5.75 Å². The Labute approximate surface area is 157 Å². The van der Waals surface area contributed by atoms with Crippen molar-refractivity contribution < 1.29 is 14.5 Å². The molecule has 7 nitrogen and oxygen atoms in total. The SMILES string of the molecule is Cc1ccc(C)c(OCC(=O)N/N=C\C=C\c2cccc([N+](=O)[O-])c2)c1C. The van der Waals surface area contributed by atoms with Crippen molar-refractivity contribution in [3.05, 3.63) is 74.8 Å². The van der Waals surface area contributed by atoms with Crippen molar-refractivity contribution in [1.82, 2.24) is 5.43 Å². The van der Waals surface area contributed by atoms with Gasteiger partial charge in [0.1, 0.15) is 5.75 Å². The van der Waals surface area contributed by atoms with E-state index in [0.29, 0.717) is 11.3 Å². The van der Waals surface area contributed by atoms with Crippen LogP contribution in [0, 0.1) is 30.9 Å². The Bertz CT molecular complexity index is 904. The molecule has 0 aliphatic heterocycles. The van der Waals surface area contributed by atoms with Crippen LogP contribution in [0.2, 0.25) is 0 Å². The average molecular weight is 367 g/mol. The number of nitrogens with one attached hydrogen (secondary N) is 1. The monoisotopic (exact) mass is 367 g/mol. The highest BCUT2D eigenvalue weighted by Gasteiger charge is 2.08. The topological polar surface area (TPSA) is 93.8 Å². The molecule has 0 heterocycles. The van der Waals surface area contributed by atoms with Gasteiger partial charge in [0.05, 0.1) is 4.92 Å². The van der Waals surface area contributed by atoms with Crippen LogP contribution >= 0.6 is 0 Å². The fourth-order valence-electron chi connectivity index (χ4n) is 2.37. The molecule has 0 saturated carbocycles. The maximum absolute atomic E-state index is 11.8. The molecule has 140 valence electrons. The van der Waals surface area contributed by atoms with Crippen LogP contribution in [-0.2, 0) is 4.79 Å². The van der Waals surface area contributed by atoms with Crippen LogP contribution in [0.4, 0.5) is 5.69 Å². The number of hydrazone groups is 1. The van der Waals surface area contributed by atoms with Crippen LogP contribution in [0.3, 0.4) is 0 Å². The number of benzene rings is 2. The Balaban J connectivity index is 1.84. The lowest BCUT2D eigenvalue weighted by molar-refractivity contribution is -0.384. The Morgan fingerprint density at radius 2 is 1.96 bits per heavy atom. The molecule has 1 amide bonds.